The van der Waals surface area contributed by atoms with E-state index in [9.17, 15) is 10.1 Å². The van der Waals surface area contributed by atoms with Crippen LogP contribution in [0.2, 0.25) is 0 Å². The number of non-ortho nitro benzene ring substituents is 1. The maximum atomic E-state index is 11.0. The first kappa shape index (κ1) is 15.7. The second-order valence-electron chi connectivity index (χ2n) is 5.39. The predicted molar refractivity (Wildman–Crippen MR) is 82.6 cm³/mol. The molecule has 6 nitrogen and oxygen atoms in total. The normalized spacial score (nSPS) is 16.1. The minimum absolute atomic E-state index is 0.145. The molecule has 0 saturated carbocycles. The molecular formula is C15H23N3O3. The van der Waals surface area contributed by atoms with Crippen molar-refractivity contribution in [1.29, 1.82) is 0 Å². The Morgan fingerprint density at radius 1 is 1.43 bits per heavy atom. The lowest BCUT2D eigenvalue weighted by atomic mass is 10.1. The zero-order valence-electron chi connectivity index (χ0n) is 12.7. The van der Waals surface area contributed by atoms with Gasteiger partial charge in [0.05, 0.1) is 4.92 Å². The lowest BCUT2D eigenvalue weighted by Crippen LogP contribution is -2.36. The van der Waals surface area contributed by atoms with E-state index in [2.05, 4.69) is 17.3 Å². The number of rotatable bonds is 6. The summed E-state index contributed by atoms with van der Waals surface area (Å²) in [7, 11) is 2.07. The number of anilines is 1. The van der Waals surface area contributed by atoms with Crippen molar-refractivity contribution in [2.24, 2.45) is 0 Å². The zero-order chi connectivity index (χ0) is 15.2. The Bertz CT molecular complexity index is 487. The molecule has 2 rings (SSSR count). The van der Waals surface area contributed by atoms with E-state index in [1.807, 2.05) is 6.92 Å². The van der Waals surface area contributed by atoms with Crippen molar-refractivity contribution in [1.82, 2.24) is 4.90 Å². The number of ether oxygens (including phenoxy) is 1. The Balaban J connectivity index is 2.15. The van der Waals surface area contributed by atoms with Crippen LogP contribution in [0.1, 0.15) is 25.3 Å². The van der Waals surface area contributed by atoms with Crippen molar-refractivity contribution in [2.45, 2.75) is 32.4 Å². The summed E-state index contributed by atoms with van der Waals surface area (Å²) >= 11 is 0. The third-order valence-electron chi connectivity index (χ3n) is 3.90. The Morgan fingerprint density at radius 3 is 2.76 bits per heavy atom. The summed E-state index contributed by atoms with van der Waals surface area (Å²) in [6, 6.07) is 5.51. The Morgan fingerprint density at radius 2 is 2.14 bits per heavy atom. The molecule has 1 aliphatic rings. The van der Waals surface area contributed by atoms with Crippen LogP contribution in [0, 0.1) is 10.1 Å². The number of benzene rings is 1. The van der Waals surface area contributed by atoms with E-state index >= 15 is 0 Å². The summed E-state index contributed by atoms with van der Waals surface area (Å²) in [6.45, 7) is 5.11. The Labute approximate surface area is 125 Å². The van der Waals surface area contributed by atoms with Gasteiger partial charge in [0.15, 0.2) is 0 Å². The summed E-state index contributed by atoms with van der Waals surface area (Å²) in [6.07, 6.45) is 2.03. The van der Waals surface area contributed by atoms with Gasteiger partial charge in [-0.1, -0.05) is 0 Å². The first-order chi connectivity index (χ1) is 10.1. The molecule has 0 radical (unpaired) electrons. The number of nitrogens with one attached hydrogen (secondary N) is 1. The van der Waals surface area contributed by atoms with E-state index < -0.39 is 0 Å². The highest BCUT2D eigenvalue weighted by molar-refractivity contribution is 5.56. The molecule has 1 saturated heterocycles. The van der Waals surface area contributed by atoms with Gasteiger partial charge in [-0.15, -0.1) is 0 Å². The van der Waals surface area contributed by atoms with E-state index in [0.717, 1.165) is 43.9 Å². The van der Waals surface area contributed by atoms with Gasteiger partial charge in [0.25, 0.3) is 5.69 Å². The summed E-state index contributed by atoms with van der Waals surface area (Å²) in [4.78, 5) is 12.9. The number of nitro groups is 1. The molecular weight excluding hydrogens is 270 g/mol. The van der Waals surface area contributed by atoms with Gasteiger partial charge in [-0.3, -0.25) is 15.0 Å². The molecule has 1 fully saturated rings. The van der Waals surface area contributed by atoms with E-state index in [1.165, 1.54) is 0 Å². The van der Waals surface area contributed by atoms with E-state index in [4.69, 9.17) is 4.74 Å². The number of nitro benzene ring substituents is 1. The van der Waals surface area contributed by atoms with Gasteiger partial charge in [-0.2, -0.15) is 0 Å². The van der Waals surface area contributed by atoms with Crippen LogP contribution in [-0.2, 0) is 11.3 Å². The first-order valence-corrected chi connectivity index (χ1v) is 7.41. The van der Waals surface area contributed by atoms with Gasteiger partial charge in [0, 0.05) is 50.2 Å². The van der Waals surface area contributed by atoms with Crippen LogP contribution in [0.5, 0.6) is 0 Å². The summed E-state index contributed by atoms with van der Waals surface area (Å²) in [5.41, 5.74) is 2.09. The highest BCUT2D eigenvalue weighted by Crippen LogP contribution is 2.25. The average molecular weight is 293 g/mol. The lowest BCUT2D eigenvalue weighted by Gasteiger charge is -2.31. The van der Waals surface area contributed by atoms with E-state index in [0.29, 0.717) is 12.6 Å². The third-order valence-corrected chi connectivity index (χ3v) is 3.90. The molecule has 0 aliphatic carbocycles. The van der Waals surface area contributed by atoms with Crippen LogP contribution in [0.15, 0.2) is 18.2 Å². The minimum atomic E-state index is -0.340. The van der Waals surface area contributed by atoms with Gasteiger partial charge < -0.3 is 10.1 Å². The van der Waals surface area contributed by atoms with Crippen LogP contribution in [0.4, 0.5) is 11.4 Å². The highest BCUT2D eigenvalue weighted by atomic mass is 16.6. The van der Waals surface area contributed by atoms with Crippen molar-refractivity contribution < 1.29 is 9.66 Å². The maximum Gasteiger partial charge on any atom is 0.269 e. The number of hydrogen-bond acceptors (Lipinski definition) is 5. The molecule has 1 aliphatic heterocycles. The smallest absolute Gasteiger partial charge is 0.269 e. The number of nitrogens with zero attached hydrogens (tertiary/aromatic N) is 2. The van der Waals surface area contributed by atoms with Crippen molar-refractivity contribution >= 4 is 11.4 Å². The van der Waals surface area contributed by atoms with Crippen LogP contribution < -0.4 is 5.32 Å². The second-order valence-corrected chi connectivity index (χ2v) is 5.39. The molecule has 1 heterocycles. The molecule has 1 aromatic rings. The lowest BCUT2D eigenvalue weighted by molar-refractivity contribution is -0.384. The van der Waals surface area contributed by atoms with Crippen molar-refractivity contribution in [2.75, 3.05) is 32.1 Å². The standard InChI is InChI=1S/C15H23N3O3/c1-3-16-15-5-4-14(18(19)20)10-12(15)11-17(2)13-6-8-21-9-7-13/h4-5,10,13,16H,3,6-9,11H2,1-2H3. The summed E-state index contributed by atoms with van der Waals surface area (Å²) in [5.74, 6) is 0. The zero-order valence-corrected chi connectivity index (χ0v) is 12.7. The van der Waals surface area contributed by atoms with Gasteiger partial charge in [-0.25, -0.2) is 0 Å². The maximum absolute atomic E-state index is 11.0. The minimum Gasteiger partial charge on any atom is -0.385 e. The Kier molecular flexibility index (Phi) is 5.52. The van der Waals surface area contributed by atoms with Crippen molar-refractivity contribution in [3.8, 4) is 0 Å². The fourth-order valence-corrected chi connectivity index (χ4v) is 2.71. The molecule has 0 bridgehead atoms. The van der Waals surface area contributed by atoms with Crippen molar-refractivity contribution in [3.05, 3.63) is 33.9 Å². The monoisotopic (exact) mass is 293 g/mol. The quantitative estimate of drug-likeness (QED) is 0.645. The molecule has 116 valence electrons. The largest absolute Gasteiger partial charge is 0.385 e. The van der Waals surface area contributed by atoms with Crippen LogP contribution >= 0.6 is 0 Å². The average Bonchev–Trinajstić information content (AvgIpc) is 2.50. The van der Waals surface area contributed by atoms with E-state index in [-0.39, 0.29) is 10.6 Å². The van der Waals surface area contributed by atoms with E-state index in [1.54, 1.807) is 18.2 Å². The fraction of sp³-hybridized carbons (Fsp3) is 0.600. The predicted octanol–water partition coefficient (Wildman–Crippen LogP) is 2.64. The molecule has 0 aromatic heterocycles. The van der Waals surface area contributed by atoms with Crippen LogP contribution in [0.25, 0.3) is 0 Å². The van der Waals surface area contributed by atoms with Gasteiger partial charge >= 0.3 is 0 Å². The van der Waals surface area contributed by atoms with Crippen LogP contribution in [-0.4, -0.2) is 42.7 Å². The van der Waals surface area contributed by atoms with Crippen LogP contribution in [0.3, 0.4) is 0 Å². The summed E-state index contributed by atoms with van der Waals surface area (Å²) < 4.78 is 5.38. The van der Waals surface area contributed by atoms with Gasteiger partial charge in [0.2, 0.25) is 0 Å². The molecule has 1 aromatic carbocycles. The fourth-order valence-electron chi connectivity index (χ4n) is 2.71. The molecule has 6 heteroatoms. The molecule has 21 heavy (non-hydrogen) atoms. The van der Waals surface area contributed by atoms with Crippen molar-refractivity contribution in [3.63, 3.8) is 0 Å². The summed E-state index contributed by atoms with van der Waals surface area (Å²) in [5, 5.41) is 14.2. The second kappa shape index (κ2) is 7.38. The molecule has 1 N–H and O–H groups in total. The molecule has 0 atom stereocenters. The Hall–Kier alpha value is -1.66. The SMILES string of the molecule is CCNc1ccc([N+](=O)[O-])cc1CN(C)C1CCOCC1. The van der Waals surface area contributed by atoms with Gasteiger partial charge in [-0.05, 0) is 38.4 Å². The first-order valence-electron chi connectivity index (χ1n) is 7.41. The third kappa shape index (κ3) is 4.15. The molecule has 0 unspecified atom stereocenters. The molecule has 0 amide bonds. The number of hydrogen-bond donors (Lipinski definition) is 1. The topological polar surface area (TPSA) is 67.6 Å². The molecule has 0 spiro atoms. The highest BCUT2D eigenvalue weighted by Gasteiger charge is 2.20. The van der Waals surface area contributed by atoms with Gasteiger partial charge in [0.1, 0.15) is 0 Å².